The van der Waals surface area contributed by atoms with E-state index in [1.54, 1.807) is 4.90 Å². The molecule has 1 heterocycles. The number of β-lactam (4-membered cyclic amide) rings is 1. The van der Waals surface area contributed by atoms with Crippen molar-refractivity contribution in [1.29, 1.82) is 0 Å². The van der Waals surface area contributed by atoms with Gasteiger partial charge in [-0.2, -0.15) is 7.05 Å². The largest absolute Gasteiger partial charge is 0.473 e. The summed E-state index contributed by atoms with van der Waals surface area (Å²) in [6.07, 6.45) is 6.67. The van der Waals surface area contributed by atoms with Gasteiger partial charge in [0, 0.05) is 30.9 Å². The van der Waals surface area contributed by atoms with Crippen LogP contribution in [0.5, 0.6) is 0 Å². The van der Waals surface area contributed by atoms with Gasteiger partial charge in [-0.3, -0.25) is 9.59 Å². The van der Waals surface area contributed by atoms with E-state index in [-0.39, 0.29) is 35.5 Å². The maximum atomic E-state index is 12.8. The lowest BCUT2D eigenvalue weighted by Gasteiger charge is -2.62. The molecule has 1 saturated heterocycles. The highest BCUT2D eigenvalue weighted by atomic mass is 16.5. The molecular weight excluding hydrogens is 414 g/mol. The van der Waals surface area contributed by atoms with Crippen LogP contribution in [0.3, 0.4) is 0 Å². The summed E-state index contributed by atoms with van der Waals surface area (Å²) in [4.78, 5) is 26.4. The molecule has 8 atom stereocenters. The summed E-state index contributed by atoms with van der Waals surface area (Å²) in [5.74, 6) is 3.59. The molecule has 6 heteroatoms. The monoisotopic (exact) mass is 459 g/mol. The molecule has 2 amide bonds. The minimum Gasteiger partial charge on any atom is -0.473 e. The first-order valence-electron chi connectivity index (χ1n) is 13.0. The molecular formula is C27H45N3O3. The van der Waals surface area contributed by atoms with Gasteiger partial charge in [0.25, 0.3) is 5.91 Å². The van der Waals surface area contributed by atoms with Crippen LogP contribution in [0.1, 0.15) is 66.2 Å². The summed E-state index contributed by atoms with van der Waals surface area (Å²) in [7, 11) is 5.89. The summed E-state index contributed by atoms with van der Waals surface area (Å²) in [5.41, 5.74) is 1.31. The number of nitrogens with one attached hydrogen (secondary N) is 1. The van der Waals surface area contributed by atoms with Crippen molar-refractivity contribution < 1.29 is 19.6 Å². The second-order valence-corrected chi connectivity index (χ2v) is 12.2. The van der Waals surface area contributed by atoms with Gasteiger partial charge >= 0.3 is 0 Å². The Balaban J connectivity index is 1.47. The third-order valence-electron chi connectivity index (χ3n) is 9.81. The number of rotatable bonds is 7. The number of nitrogens with two attached hydrogens (primary N) is 1. The SMILES string of the molecule is C=C1CCC2([NH2+][CH2-])C(C)CCC3C(C)CC(CC(C)(C)NC(=O)CN4CC(OC)C4=O)C1C32. The quantitative estimate of drug-likeness (QED) is 0.349. The highest BCUT2D eigenvalue weighted by Crippen LogP contribution is 2.60. The van der Waals surface area contributed by atoms with Crippen LogP contribution in [0.15, 0.2) is 12.2 Å². The van der Waals surface area contributed by atoms with Gasteiger partial charge in [-0.05, 0) is 69.6 Å². The molecule has 0 aromatic carbocycles. The van der Waals surface area contributed by atoms with E-state index < -0.39 is 0 Å². The Bertz CT molecular complexity index is 795. The summed E-state index contributed by atoms with van der Waals surface area (Å²) in [5, 5.41) is 5.55. The number of hydrogen-bond donors (Lipinski definition) is 2. The third kappa shape index (κ3) is 4.27. The van der Waals surface area contributed by atoms with Crippen molar-refractivity contribution >= 4 is 11.8 Å². The van der Waals surface area contributed by atoms with E-state index >= 15 is 0 Å². The average Bonchev–Trinajstić information content (AvgIpc) is 2.75. The van der Waals surface area contributed by atoms with Crippen LogP contribution in [-0.4, -0.2) is 54.1 Å². The van der Waals surface area contributed by atoms with Crippen molar-refractivity contribution in [2.75, 3.05) is 20.2 Å². The first-order valence-corrected chi connectivity index (χ1v) is 13.0. The summed E-state index contributed by atoms with van der Waals surface area (Å²) >= 11 is 0. The normalized spacial score (nSPS) is 40.8. The Morgan fingerprint density at radius 1 is 1.36 bits per heavy atom. The standard InChI is InChI=1S/C27H45N3O3/c1-16-10-11-27(28-6)18(3)8-9-20-17(2)12-19(23(16)24(20)27)13-26(4,5)29-22(31)15-30-14-21(33-7)25(30)32/h17-21,23-24H,1,6,8-15,28H2,2-5,7H3,(H,29,31). The van der Waals surface area contributed by atoms with Crippen LogP contribution in [-0.2, 0) is 14.3 Å². The molecule has 4 fully saturated rings. The van der Waals surface area contributed by atoms with Crippen LogP contribution in [0.4, 0.5) is 0 Å². The molecule has 3 saturated carbocycles. The summed E-state index contributed by atoms with van der Waals surface area (Å²) in [6.45, 7) is 14.3. The van der Waals surface area contributed by atoms with Gasteiger partial charge in [-0.1, -0.05) is 26.0 Å². The number of hydrogen-bond acceptors (Lipinski definition) is 3. The molecule has 0 bridgehead atoms. The number of carbonyl (C=O) groups is 2. The molecule has 6 nitrogen and oxygen atoms in total. The van der Waals surface area contributed by atoms with Crippen LogP contribution < -0.4 is 10.6 Å². The molecule has 1 aliphatic heterocycles. The molecule has 4 aliphatic rings. The lowest BCUT2D eigenvalue weighted by molar-refractivity contribution is -0.703. The molecule has 4 rings (SSSR count). The fourth-order valence-corrected chi connectivity index (χ4v) is 8.22. The fourth-order valence-electron chi connectivity index (χ4n) is 8.22. The van der Waals surface area contributed by atoms with E-state index in [9.17, 15) is 9.59 Å². The first-order chi connectivity index (χ1) is 15.5. The van der Waals surface area contributed by atoms with Crippen molar-refractivity contribution in [2.45, 2.75) is 83.4 Å². The molecule has 0 aromatic rings. The van der Waals surface area contributed by atoms with Gasteiger partial charge in [-0.15, -0.1) is 0 Å². The van der Waals surface area contributed by atoms with Gasteiger partial charge in [-0.25, -0.2) is 0 Å². The lowest BCUT2D eigenvalue weighted by Crippen LogP contribution is -2.97. The van der Waals surface area contributed by atoms with Gasteiger partial charge in [0.1, 0.15) is 0 Å². The van der Waals surface area contributed by atoms with Crippen LogP contribution >= 0.6 is 0 Å². The van der Waals surface area contributed by atoms with Gasteiger partial charge in [0.05, 0.1) is 18.6 Å². The molecule has 8 unspecified atom stereocenters. The van der Waals surface area contributed by atoms with Crippen molar-refractivity contribution in [3.8, 4) is 0 Å². The number of methoxy groups -OCH3 is 1. The number of carbonyl (C=O) groups excluding carboxylic acids is 2. The Hall–Kier alpha value is -1.40. The van der Waals surface area contributed by atoms with E-state index in [1.807, 2.05) is 0 Å². The Morgan fingerprint density at radius 3 is 2.73 bits per heavy atom. The smallest absolute Gasteiger partial charge is 0.254 e. The number of likely N-dealkylation sites (tertiary alicyclic amines) is 1. The maximum Gasteiger partial charge on any atom is 0.254 e. The van der Waals surface area contributed by atoms with E-state index in [4.69, 9.17) is 4.74 Å². The van der Waals surface area contributed by atoms with Crippen LogP contribution in [0, 0.1) is 42.6 Å². The summed E-state index contributed by atoms with van der Waals surface area (Å²) < 4.78 is 5.10. The molecule has 0 radical (unpaired) electrons. The minimum absolute atomic E-state index is 0.0844. The predicted octanol–water partition coefficient (Wildman–Crippen LogP) is 2.51. The number of allylic oxidation sites excluding steroid dienone is 1. The molecule has 3 N–H and O–H groups in total. The molecule has 0 aromatic heterocycles. The number of ether oxygens (including phenoxy) is 1. The number of nitrogens with zero attached hydrogens (tertiary/aromatic N) is 1. The number of amides is 2. The fraction of sp³-hybridized carbons (Fsp3) is 0.815. The minimum atomic E-state index is -0.386. The van der Waals surface area contributed by atoms with Crippen LogP contribution in [0.25, 0.3) is 0 Å². The molecule has 33 heavy (non-hydrogen) atoms. The average molecular weight is 460 g/mol. The predicted molar refractivity (Wildman–Crippen MR) is 129 cm³/mol. The highest BCUT2D eigenvalue weighted by molar-refractivity contribution is 5.91. The lowest BCUT2D eigenvalue weighted by atomic mass is 9.44. The first kappa shape index (κ1) is 24.7. The van der Waals surface area contributed by atoms with Gasteiger partial charge < -0.3 is 20.3 Å². The topological polar surface area (TPSA) is 75.2 Å². The molecule has 186 valence electrons. The maximum absolute atomic E-state index is 12.8. The third-order valence-corrected chi connectivity index (χ3v) is 9.81. The molecule has 0 spiro atoms. The van der Waals surface area contributed by atoms with E-state index in [1.165, 1.54) is 38.4 Å². The van der Waals surface area contributed by atoms with E-state index in [2.05, 4.69) is 52.0 Å². The highest BCUT2D eigenvalue weighted by Gasteiger charge is 2.60. The summed E-state index contributed by atoms with van der Waals surface area (Å²) in [6, 6.07) is 0. The molecule has 3 aliphatic carbocycles. The van der Waals surface area contributed by atoms with Gasteiger partial charge in [0.15, 0.2) is 6.10 Å². The van der Waals surface area contributed by atoms with Crippen LogP contribution in [0.2, 0.25) is 0 Å². The van der Waals surface area contributed by atoms with Gasteiger partial charge in [0.2, 0.25) is 5.91 Å². The zero-order valence-electron chi connectivity index (χ0n) is 21.4. The zero-order valence-corrected chi connectivity index (χ0v) is 21.4. The van der Waals surface area contributed by atoms with E-state index in [0.29, 0.717) is 36.1 Å². The Morgan fingerprint density at radius 2 is 2.09 bits per heavy atom. The zero-order chi connectivity index (χ0) is 24.1. The van der Waals surface area contributed by atoms with Crippen molar-refractivity contribution in [1.82, 2.24) is 10.2 Å². The second-order valence-electron chi connectivity index (χ2n) is 12.2. The van der Waals surface area contributed by atoms with Crippen molar-refractivity contribution in [3.05, 3.63) is 19.2 Å². The second kappa shape index (κ2) is 8.99. The van der Waals surface area contributed by atoms with E-state index in [0.717, 1.165) is 18.8 Å². The van der Waals surface area contributed by atoms with Crippen molar-refractivity contribution in [2.24, 2.45) is 35.5 Å². The van der Waals surface area contributed by atoms with Crippen molar-refractivity contribution in [3.63, 3.8) is 0 Å². The Labute approximate surface area is 200 Å². The number of quaternary nitrogens is 1. The Kier molecular flexibility index (Phi) is 6.74.